The van der Waals surface area contributed by atoms with Gasteiger partial charge in [-0.1, -0.05) is 5.16 Å². The van der Waals surface area contributed by atoms with Crippen LogP contribution in [0.5, 0.6) is 0 Å². The van der Waals surface area contributed by atoms with Crippen molar-refractivity contribution in [1.82, 2.24) is 9.62 Å². The topological polar surface area (TPSA) is 117 Å². The molecule has 0 aromatic rings. The SMILES string of the molecule is CC(C)OCCS(=O)(=O)NC1(C(N)=NO)CCN(C)CC1. The van der Waals surface area contributed by atoms with Crippen LogP contribution in [0.15, 0.2) is 5.16 Å². The third kappa shape index (κ3) is 5.42. The first-order valence-corrected chi connectivity index (χ1v) is 8.66. The van der Waals surface area contributed by atoms with Gasteiger partial charge in [-0.3, -0.25) is 0 Å². The number of ether oxygens (including phenoxy) is 1. The molecule has 1 saturated heterocycles. The quantitative estimate of drug-likeness (QED) is 0.253. The molecule has 0 aromatic carbocycles. The monoisotopic (exact) mass is 322 g/mol. The van der Waals surface area contributed by atoms with Gasteiger partial charge in [0.2, 0.25) is 10.0 Å². The van der Waals surface area contributed by atoms with Crippen LogP contribution in [0.25, 0.3) is 0 Å². The maximum Gasteiger partial charge on any atom is 0.214 e. The Balaban J connectivity index is 2.77. The Labute approximate surface area is 126 Å². The minimum Gasteiger partial charge on any atom is -0.409 e. The normalized spacial score (nSPS) is 20.9. The maximum absolute atomic E-state index is 12.2. The highest BCUT2D eigenvalue weighted by Gasteiger charge is 2.41. The molecule has 0 amide bonds. The van der Waals surface area contributed by atoms with Crippen molar-refractivity contribution >= 4 is 15.9 Å². The Kier molecular flexibility index (Phi) is 6.39. The average Bonchev–Trinajstić information content (AvgIpc) is 2.39. The van der Waals surface area contributed by atoms with Gasteiger partial charge >= 0.3 is 0 Å². The number of oxime groups is 1. The average molecular weight is 322 g/mol. The largest absolute Gasteiger partial charge is 0.409 e. The molecule has 0 spiro atoms. The highest BCUT2D eigenvalue weighted by molar-refractivity contribution is 7.89. The molecule has 1 aliphatic heterocycles. The van der Waals surface area contributed by atoms with E-state index in [4.69, 9.17) is 15.7 Å². The summed E-state index contributed by atoms with van der Waals surface area (Å²) in [4.78, 5) is 2.07. The first-order chi connectivity index (χ1) is 9.71. The van der Waals surface area contributed by atoms with Crippen LogP contribution in [0, 0.1) is 0 Å². The van der Waals surface area contributed by atoms with Gasteiger partial charge in [0, 0.05) is 13.1 Å². The number of likely N-dealkylation sites (tertiary alicyclic amines) is 1. The van der Waals surface area contributed by atoms with Gasteiger partial charge in [-0.05, 0) is 33.7 Å². The minimum atomic E-state index is -3.57. The molecule has 1 aliphatic rings. The lowest BCUT2D eigenvalue weighted by Crippen LogP contribution is -2.62. The van der Waals surface area contributed by atoms with Gasteiger partial charge in [0.25, 0.3) is 0 Å². The van der Waals surface area contributed by atoms with Crippen LogP contribution in [0.3, 0.4) is 0 Å². The van der Waals surface area contributed by atoms with Gasteiger partial charge in [0.1, 0.15) is 0 Å². The lowest BCUT2D eigenvalue weighted by molar-refractivity contribution is 0.0910. The fraction of sp³-hybridized carbons (Fsp3) is 0.917. The standard InChI is InChI=1S/C12H26N4O4S/c1-10(2)20-8-9-21(18,19)15-12(11(13)14-17)4-6-16(3)7-5-12/h10,15,17H,4-9H2,1-3H3,(H2,13,14). The smallest absolute Gasteiger partial charge is 0.214 e. The highest BCUT2D eigenvalue weighted by Crippen LogP contribution is 2.23. The predicted molar refractivity (Wildman–Crippen MR) is 80.9 cm³/mol. The van der Waals surface area contributed by atoms with Crippen molar-refractivity contribution in [2.45, 2.75) is 38.3 Å². The zero-order valence-electron chi connectivity index (χ0n) is 12.9. The van der Waals surface area contributed by atoms with Crippen molar-refractivity contribution < 1.29 is 18.4 Å². The van der Waals surface area contributed by atoms with Crippen LogP contribution in [0.4, 0.5) is 0 Å². The van der Waals surface area contributed by atoms with E-state index >= 15 is 0 Å². The summed E-state index contributed by atoms with van der Waals surface area (Å²) >= 11 is 0. The summed E-state index contributed by atoms with van der Waals surface area (Å²) in [5.74, 6) is -0.245. The summed E-state index contributed by atoms with van der Waals surface area (Å²) in [6.45, 7) is 5.13. The number of rotatable bonds is 7. The minimum absolute atomic E-state index is 0.0263. The number of sulfonamides is 1. The summed E-state index contributed by atoms with van der Waals surface area (Å²) in [7, 11) is -1.63. The first kappa shape index (κ1) is 18.1. The van der Waals surface area contributed by atoms with Crippen molar-refractivity contribution in [3.8, 4) is 0 Å². The molecule has 0 saturated carbocycles. The number of amidine groups is 1. The molecule has 0 aromatic heterocycles. The second kappa shape index (κ2) is 7.39. The van der Waals surface area contributed by atoms with Crippen molar-refractivity contribution in [3.63, 3.8) is 0 Å². The van der Waals surface area contributed by atoms with E-state index in [1.165, 1.54) is 0 Å². The van der Waals surface area contributed by atoms with Crippen molar-refractivity contribution in [1.29, 1.82) is 0 Å². The Morgan fingerprint density at radius 3 is 2.52 bits per heavy atom. The van der Waals surface area contributed by atoms with Gasteiger partial charge in [-0.25, -0.2) is 13.1 Å². The van der Waals surface area contributed by atoms with E-state index in [2.05, 4.69) is 14.8 Å². The molecule has 0 atom stereocenters. The zero-order chi connectivity index (χ0) is 16.1. The van der Waals surface area contributed by atoms with E-state index in [1.54, 1.807) is 0 Å². The van der Waals surface area contributed by atoms with E-state index in [0.717, 1.165) is 0 Å². The van der Waals surface area contributed by atoms with Gasteiger partial charge < -0.3 is 20.6 Å². The Bertz CT molecular complexity index is 456. The third-order valence-electron chi connectivity index (χ3n) is 3.59. The van der Waals surface area contributed by atoms with E-state index in [-0.39, 0.29) is 24.3 Å². The molecular formula is C12H26N4O4S. The summed E-state index contributed by atoms with van der Waals surface area (Å²) in [6.07, 6.45) is 0.898. The first-order valence-electron chi connectivity index (χ1n) is 7.00. The van der Waals surface area contributed by atoms with E-state index in [9.17, 15) is 8.42 Å². The number of nitrogens with zero attached hydrogens (tertiary/aromatic N) is 2. The molecule has 0 aliphatic carbocycles. The van der Waals surface area contributed by atoms with Crippen molar-refractivity contribution in [2.75, 3.05) is 32.5 Å². The lowest BCUT2D eigenvalue weighted by Gasteiger charge is -2.39. The fourth-order valence-corrected chi connectivity index (χ4v) is 3.57. The van der Waals surface area contributed by atoms with Crippen molar-refractivity contribution in [3.05, 3.63) is 0 Å². The molecule has 8 nitrogen and oxygen atoms in total. The van der Waals surface area contributed by atoms with Gasteiger partial charge in [-0.2, -0.15) is 0 Å². The number of hydrogen-bond donors (Lipinski definition) is 3. The fourth-order valence-electron chi connectivity index (χ4n) is 2.25. The molecule has 124 valence electrons. The predicted octanol–water partition coefficient (Wildman–Crippen LogP) is -0.458. The Hall–Kier alpha value is -0.900. The molecule has 1 heterocycles. The molecule has 0 bridgehead atoms. The van der Waals surface area contributed by atoms with Crippen LogP contribution in [-0.4, -0.2) is 68.5 Å². The summed E-state index contributed by atoms with van der Waals surface area (Å²) in [6, 6.07) is 0. The van der Waals surface area contributed by atoms with Crippen LogP contribution >= 0.6 is 0 Å². The number of hydrogen-bond acceptors (Lipinski definition) is 6. The molecule has 0 unspecified atom stereocenters. The van der Waals surface area contributed by atoms with E-state index < -0.39 is 15.6 Å². The summed E-state index contributed by atoms with van der Waals surface area (Å²) in [5, 5.41) is 12.0. The number of nitrogens with two attached hydrogens (primary N) is 1. The zero-order valence-corrected chi connectivity index (χ0v) is 13.7. The second-order valence-corrected chi connectivity index (χ2v) is 7.55. The van der Waals surface area contributed by atoms with E-state index in [0.29, 0.717) is 25.9 Å². The van der Waals surface area contributed by atoms with Crippen LogP contribution in [0.2, 0.25) is 0 Å². The summed E-state index contributed by atoms with van der Waals surface area (Å²) in [5.41, 5.74) is 4.72. The molecule has 0 radical (unpaired) electrons. The Morgan fingerprint density at radius 1 is 1.48 bits per heavy atom. The number of nitrogens with one attached hydrogen (secondary N) is 1. The van der Waals surface area contributed by atoms with Gasteiger partial charge in [0.15, 0.2) is 5.84 Å². The molecule has 21 heavy (non-hydrogen) atoms. The van der Waals surface area contributed by atoms with Crippen LogP contribution in [-0.2, 0) is 14.8 Å². The van der Waals surface area contributed by atoms with Gasteiger partial charge in [-0.15, -0.1) is 0 Å². The molecule has 1 fully saturated rings. The molecular weight excluding hydrogens is 296 g/mol. The van der Waals surface area contributed by atoms with Crippen LogP contribution in [0.1, 0.15) is 26.7 Å². The lowest BCUT2D eigenvalue weighted by atomic mass is 9.88. The number of piperidine rings is 1. The second-order valence-electron chi connectivity index (χ2n) is 5.71. The van der Waals surface area contributed by atoms with Gasteiger partial charge in [0.05, 0.1) is 24.0 Å². The Morgan fingerprint density at radius 2 is 2.05 bits per heavy atom. The third-order valence-corrected chi connectivity index (χ3v) is 5.00. The highest BCUT2D eigenvalue weighted by atomic mass is 32.2. The maximum atomic E-state index is 12.2. The molecule has 4 N–H and O–H groups in total. The van der Waals surface area contributed by atoms with Crippen molar-refractivity contribution in [2.24, 2.45) is 10.9 Å². The van der Waals surface area contributed by atoms with E-state index in [1.807, 2.05) is 20.9 Å². The molecule has 1 rings (SSSR count). The molecule has 9 heteroatoms. The summed E-state index contributed by atoms with van der Waals surface area (Å²) < 4.78 is 32.2. The van der Waals surface area contributed by atoms with Crippen LogP contribution < -0.4 is 10.5 Å².